The van der Waals surface area contributed by atoms with Crippen molar-refractivity contribution in [2.45, 2.75) is 20.1 Å². The highest BCUT2D eigenvalue weighted by Crippen LogP contribution is 2.26. The van der Waals surface area contributed by atoms with E-state index in [0.717, 1.165) is 49.7 Å². The van der Waals surface area contributed by atoms with Crippen molar-refractivity contribution in [2.75, 3.05) is 46.1 Å². The van der Waals surface area contributed by atoms with Gasteiger partial charge in [-0.1, -0.05) is 42.5 Å². The minimum atomic E-state index is -0.465. The first-order valence-electron chi connectivity index (χ1n) is 14.3. The van der Waals surface area contributed by atoms with E-state index >= 15 is 0 Å². The summed E-state index contributed by atoms with van der Waals surface area (Å²) >= 11 is 0. The monoisotopic (exact) mass is 583 g/mol. The van der Waals surface area contributed by atoms with E-state index < -0.39 is 5.97 Å². The Hall–Kier alpha value is -4.81. The molecule has 0 saturated carbocycles. The highest BCUT2D eigenvalue weighted by atomic mass is 16.5. The number of aromatic nitrogens is 6. The Morgan fingerprint density at radius 3 is 2.58 bits per heavy atom. The quantitative estimate of drug-likeness (QED) is 0.202. The Morgan fingerprint density at radius 2 is 1.79 bits per heavy atom. The van der Waals surface area contributed by atoms with Crippen molar-refractivity contribution in [3.05, 3.63) is 90.0 Å². The number of morpholine rings is 1. The molecule has 1 saturated heterocycles. The molecular weight excluding hydrogens is 550 g/mol. The molecule has 0 atom stereocenters. The van der Waals surface area contributed by atoms with E-state index in [2.05, 4.69) is 25.0 Å². The summed E-state index contributed by atoms with van der Waals surface area (Å²) in [7, 11) is 0. The summed E-state index contributed by atoms with van der Waals surface area (Å²) in [6.07, 6.45) is 4.67. The largest absolute Gasteiger partial charge is 0.492 e. The number of hydrogen-bond donors (Lipinski definition) is 0. The molecule has 222 valence electrons. The van der Waals surface area contributed by atoms with Crippen LogP contribution in [0, 0.1) is 0 Å². The predicted octanol–water partition coefficient (Wildman–Crippen LogP) is 3.53. The topological polar surface area (TPSA) is 119 Å². The predicted molar refractivity (Wildman–Crippen MR) is 157 cm³/mol. The van der Waals surface area contributed by atoms with Crippen molar-refractivity contribution in [1.29, 1.82) is 0 Å². The number of hydrogen-bond acceptors (Lipinski definition) is 10. The standard InChI is InChI=1S/C31H33N7O5/c1-2-41-30(39)25-18-33-38(20-25)31-34-28-27(29(35-31)43-21-24-6-4-3-5-7-24)37(22-32-28)19-23-8-10-26(11-9-23)42-17-14-36-12-15-40-16-13-36/h3-11,18,20,22H,2,12-17,19,21H2,1H3. The van der Waals surface area contributed by atoms with E-state index in [0.29, 0.717) is 42.4 Å². The van der Waals surface area contributed by atoms with Gasteiger partial charge in [-0.2, -0.15) is 15.1 Å². The molecule has 0 bridgehead atoms. The molecular formula is C31H33N7O5. The van der Waals surface area contributed by atoms with Gasteiger partial charge in [-0.05, 0) is 30.2 Å². The molecule has 0 amide bonds. The molecule has 0 unspecified atom stereocenters. The fourth-order valence-electron chi connectivity index (χ4n) is 4.74. The van der Waals surface area contributed by atoms with Crippen molar-refractivity contribution < 1.29 is 23.7 Å². The number of fused-ring (bicyclic) bond motifs is 1. The average molecular weight is 584 g/mol. The van der Waals surface area contributed by atoms with Crippen LogP contribution in [0.15, 0.2) is 73.3 Å². The molecule has 0 N–H and O–H groups in total. The van der Waals surface area contributed by atoms with Crippen LogP contribution in [0.1, 0.15) is 28.4 Å². The van der Waals surface area contributed by atoms with Crippen molar-refractivity contribution in [3.8, 4) is 17.6 Å². The Morgan fingerprint density at radius 1 is 0.977 bits per heavy atom. The highest BCUT2D eigenvalue weighted by Gasteiger charge is 2.19. The maximum Gasteiger partial charge on any atom is 0.341 e. The zero-order valence-electron chi connectivity index (χ0n) is 24.0. The molecule has 1 aliphatic rings. The molecule has 2 aromatic carbocycles. The summed E-state index contributed by atoms with van der Waals surface area (Å²) in [5.41, 5.74) is 3.46. The Bertz CT molecular complexity index is 1650. The van der Waals surface area contributed by atoms with Gasteiger partial charge in [-0.15, -0.1) is 0 Å². The molecule has 0 radical (unpaired) electrons. The molecule has 4 heterocycles. The first-order chi connectivity index (χ1) is 21.2. The molecule has 3 aromatic heterocycles. The van der Waals surface area contributed by atoms with Gasteiger partial charge in [0.15, 0.2) is 11.2 Å². The van der Waals surface area contributed by atoms with Gasteiger partial charge in [0, 0.05) is 32.4 Å². The zero-order chi connectivity index (χ0) is 29.4. The third kappa shape index (κ3) is 6.99. The van der Waals surface area contributed by atoms with Crippen molar-refractivity contribution in [3.63, 3.8) is 0 Å². The summed E-state index contributed by atoms with van der Waals surface area (Å²) in [5.74, 6) is 0.953. The van der Waals surface area contributed by atoms with Crippen LogP contribution in [-0.2, 0) is 22.6 Å². The molecule has 1 aliphatic heterocycles. The second kappa shape index (κ2) is 13.4. The van der Waals surface area contributed by atoms with Crippen LogP contribution < -0.4 is 9.47 Å². The van der Waals surface area contributed by atoms with Gasteiger partial charge in [0.2, 0.25) is 5.88 Å². The lowest BCUT2D eigenvalue weighted by Gasteiger charge is -2.26. The summed E-state index contributed by atoms with van der Waals surface area (Å²) in [4.78, 5) is 28.4. The lowest BCUT2D eigenvalue weighted by molar-refractivity contribution is 0.0322. The first-order valence-corrected chi connectivity index (χ1v) is 14.3. The molecule has 5 aromatic rings. The number of imidazole rings is 1. The normalized spacial score (nSPS) is 13.7. The summed E-state index contributed by atoms with van der Waals surface area (Å²) < 4.78 is 26.1. The van der Waals surface area contributed by atoms with E-state index in [4.69, 9.17) is 18.9 Å². The minimum Gasteiger partial charge on any atom is -0.492 e. The highest BCUT2D eigenvalue weighted by molar-refractivity contribution is 5.88. The van der Waals surface area contributed by atoms with E-state index in [-0.39, 0.29) is 12.6 Å². The third-order valence-corrected chi connectivity index (χ3v) is 7.00. The molecule has 0 spiro atoms. The summed E-state index contributed by atoms with van der Waals surface area (Å²) in [5, 5.41) is 4.27. The first kappa shape index (κ1) is 28.3. The average Bonchev–Trinajstić information content (AvgIpc) is 3.70. The van der Waals surface area contributed by atoms with Crippen LogP contribution in [0.2, 0.25) is 0 Å². The van der Waals surface area contributed by atoms with Crippen LogP contribution in [-0.4, -0.2) is 86.2 Å². The van der Waals surface area contributed by atoms with Crippen LogP contribution in [0.5, 0.6) is 11.6 Å². The number of carbonyl (C=O) groups excluding carboxylic acids is 1. The van der Waals surface area contributed by atoms with Gasteiger partial charge in [0.05, 0.1) is 37.9 Å². The van der Waals surface area contributed by atoms with E-state index in [1.165, 1.54) is 17.1 Å². The summed E-state index contributed by atoms with van der Waals surface area (Å²) in [6.45, 7) is 7.82. The van der Waals surface area contributed by atoms with E-state index in [1.807, 2.05) is 59.2 Å². The number of ether oxygens (including phenoxy) is 4. The maximum absolute atomic E-state index is 12.2. The van der Waals surface area contributed by atoms with Crippen LogP contribution in [0.25, 0.3) is 17.1 Å². The fraction of sp³-hybridized carbons (Fsp3) is 0.323. The molecule has 12 nitrogen and oxygen atoms in total. The summed E-state index contributed by atoms with van der Waals surface area (Å²) in [6, 6.07) is 17.9. The fourth-order valence-corrected chi connectivity index (χ4v) is 4.74. The maximum atomic E-state index is 12.2. The molecule has 43 heavy (non-hydrogen) atoms. The smallest absolute Gasteiger partial charge is 0.341 e. The van der Waals surface area contributed by atoms with Crippen LogP contribution >= 0.6 is 0 Å². The number of esters is 1. The van der Waals surface area contributed by atoms with Crippen LogP contribution in [0.4, 0.5) is 0 Å². The van der Waals surface area contributed by atoms with Gasteiger partial charge in [0.1, 0.15) is 19.0 Å². The molecule has 6 rings (SSSR count). The van der Waals surface area contributed by atoms with E-state index in [9.17, 15) is 4.79 Å². The third-order valence-electron chi connectivity index (χ3n) is 7.00. The molecule has 12 heteroatoms. The van der Waals surface area contributed by atoms with Gasteiger partial charge in [0.25, 0.3) is 5.95 Å². The number of nitrogens with zero attached hydrogens (tertiary/aromatic N) is 7. The SMILES string of the molecule is CCOC(=O)c1cnn(-c2nc(OCc3ccccc3)c3c(ncn3Cc3ccc(OCCN4CCOCC4)cc3)n2)c1. The van der Waals surface area contributed by atoms with Gasteiger partial charge in [-0.25, -0.2) is 14.5 Å². The van der Waals surface area contributed by atoms with Crippen molar-refractivity contribution >= 4 is 17.1 Å². The van der Waals surface area contributed by atoms with Crippen molar-refractivity contribution in [2.24, 2.45) is 0 Å². The minimum absolute atomic E-state index is 0.231. The second-order valence-electron chi connectivity index (χ2n) is 9.99. The zero-order valence-corrected chi connectivity index (χ0v) is 24.0. The lowest BCUT2D eigenvalue weighted by Crippen LogP contribution is -2.38. The second-order valence-corrected chi connectivity index (χ2v) is 9.99. The van der Waals surface area contributed by atoms with Gasteiger partial charge >= 0.3 is 5.97 Å². The Balaban J connectivity index is 1.21. The molecule has 1 fully saturated rings. The lowest BCUT2D eigenvalue weighted by atomic mass is 10.2. The number of carbonyl (C=O) groups is 1. The Labute approximate surface area is 248 Å². The molecule has 0 aliphatic carbocycles. The Kier molecular flexibility index (Phi) is 8.85. The number of rotatable bonds is 12. The van der Waals surface area contributed by atoms with Crippen molar-refractivity contribution in [1.82, 2.24) is 34.2 Å². The van der Waals surface area contributed by atoms with Gasteiger partial charge < -0.3 is 23.5 Å². The van der Waals surface area contributed by atoms with E-state index in [1.54, 1.807) is 13.3 Å². The van der Waals surface area contributed by atoms with Crippen LogP contribution in [0.3, 0.4) is 0 Å². The van der Waals surface area contributed by atoms with Gasteiger partial charge in [-0.3, -0.25) is 4.90 Å². The number of benzene rings is 2.